The van der Waals surface area contributed by atoms with Crippen LogP contribution in [-0.2, 0) is 16.0 Å². The van der Waals surface area contributed by atoms with E-state index in [0.717, 1.165) is 5.56 Å². The van der Waals surface area contributed by atoms with Gasteiger partial charge in [0, 0.05) is 35.2 Å². The molecule has 0 saturated carbocycles. The second kappa shape index (κ2) is 10.5. The lowest BCUT2D eigenvalue weighted by Crippen LogP contribution is -2.49. The molecule has 0 unspecified atom stereocenters. The Morgan fingerprint density at radius 1 is 0.912 bits per heavy atom. The summed E-state index contributed by atoms with van der Waals surface area (Å²) in [6.07, 6.45) is -0.203. The van der Waals surface area contributed by atoms with Crippen LogP contribution in [0.4, 0.5) is 4.79 Å². The fourth-order valence-electron chi connectivity index (χ4n) is 3.79. The minimum absolute atomic E-state index is 0.147. The molecule has 7 nitrogen and oxygen atoms in total. The maximum atomic E-state index is 13.0. The van der Waals surface area contributed by atoms with Crippen LogP contribution in [0.5, 0.6) is 0 Å². The number of ether oxygens (including phenoxy) is 1. The van der Waals surface area contributed by atoms with Crippen LogP contribution in [0.3, 0.4) is 0 Å². The van der Waals surface area contributed by atoms with Crippen LogP contribution in [-0.4, -0.2) is 41.8 Å². The molecule has 178 valence electrons. The number of allylic oxidation sites excluding steroid dienone is 1. The van der Waals surface area contributed by atoms with Crippen LogP contribution in [0.1, 0.15) is 60.4 Å². The van der Waals surface area contributed by atoms with Gasteiger partial charge in [0.15, 0.2) is 11.6 Å². The molecular weight excluding hydrogens is 432 g/mol. The summed E-state index contributed by atoms with van der Waals surface area (Å²) < 4.78 is 5.31. The lowest BCUT2D eigenvalue weighted by Gasteiger charge is -2.24. The Balaban J connectivity index is 1.68. The molecule has 1 aliphatic rings. The average Bonchev–Trinajstić information content (AvgIpc) is 2.78. The van der Waals surface area contributed by atoms with E-state index in [4.69, 9.17) is 4.74 Å². The molecule has 2 aromatic rings. The van der Waals surface area contributed by atoms with Crippen molar-refractivity contribution in [1.29, 1.82) is 0 Å². The van der Waals surface area contributed by atoms with Crippen molar-refractivity contribution in [2.24, 2.45) is 0 Å². The summed E-state index contributed by atoms with van der Waals surface area (Å²) in [6, 6.07) is 15.2. The minimum atomic E-state index is -0.864. The lowest BCUT2D eigenvalue weighted by atomic mass is 9.83. The summed E-state index contributed by atoms with van der Waals surface area (Å²) in [6.45, 7) is 7.02. The Morgan fingerprint density at radius 3 is 2.12 bits per heavy atom. The lowest BCUT2D eigenvalue weighted by molar-refractivity contribution is -0.123. The number of nitrogens with one attached hydrogen (secondary N) is 2. The molecule has 0 spiro atoms. The molecule has 0 aromatic heterocycles. The van der Waals surface area contributed by atoms with Crippen molar-refractivity contribution in [2.45, 2.75) is 52.2 Å². The van der Waals surface area contributed by atoms with Gasteiger partial charge in [-0.1, -0.05) is 54.6 Å². The fraction of sp³-hybridized carbons (Fsp3) is 0.333. The number of ketones is 2. The van der Waals surface area contributed by atoms with Gasteiger partial charge in [0.25, 0.3) is 0 Å². The van der Waals surface area contributed by atoms with Gasteiger partial charge in [-0.3, -0.25) is 14.4 Å². The topological polar surface area (TPSA) is 102 Å². The zero-order valence-corrected chi connectivity index (χ0v) is 19.9. The summed E-state index contributed by atoms with van der Waals surface area (Å²) in [5.74, 6) is -0.775. The summed E-state index contributed by atoms with van der Waals surface area (Å²) in [5.41, 5.74) is 1.75. The number of fused-ring (bicyclic) bond motifs is 1. The van der Waals surface area contributed by atoms with Crippen molar-refractivity contribution in [3.63, 3.8) is 0 Å². The molecular formula is C27H30N2O5. The number of hydrogen-bond acceptors (Lipinski definition) is 5. The van der Waals surface area contributed by atoms with E-state index in [-0.39, 0.29) is 31.0 Å². The highest BCUT2D eigenvalue weighted by Crippen LogP contribution is 2.27. The van der Waals surface area contributed by atoms with Gasteiger partial charge in [0.05, 0.1) is 0 Å². The van der Waals surface area contributed by atoms with Gasteiger partial charge in [0.1, 0.15) is 11.6 Å². The largest absolute Gasteiger partial charge is 0.444 e. The Kier molecular flexibility index (Phi) is 7.66. The number of carbonyl (C=O) groups excluding carboxylic acids is 4. The van der Waals surface area contributed by atoms with Crippen molar-refractivity contribution < 1.29 is 23.9 Å². The Labute approximate surface area is 199 Å². The third-order valence-corrected chi connectivity index (χ3v) is 5.45. The van der Waals surface area contributed by atoms with Gasteiger partial charge in [0.2, 0.25) is 5.91 Å². The van der Waals surface area contributed by atoms with E-state index in [0.29, 0.717) is 22.3 Å². The Morgan fingerprint density at radius 2 is 1.50 bits per heavy atom. The van der Waals surface area contributed by atoms with Gasteiger partial charge in [-0.25, -0.2) is 4.79 Å². The van der Waals surface area contributed by atoms with Gasteiger partial charge in [-0.2, -0.15) is 0 Å². The number of hydrogen-bond donors (Lipinski definition) is 2. The zero-order valence-electron chi connectivity index (χ0n) is 19.9. The molecule has 1 aliphatic carbocycles. The number of benzene rings is 2. The van der Waals surface area contributed by atoms with Crippen LogP contribution in [0, 0.1) is 0 Å². The molecule has 0 radical (unpaired) electrons. The summed E-state index contributed by atoms with van der Waals surface area (Å²) in [7, 11) is 0. The van der Waals surface area contributed by atoms with E-state index in [9.17, 15) is 19.2 Å². The molecule has 2 N–H and O–H groups in total. The molecule has 0 saturated heterocycles. The van der Waals surface area contributed by atoms with E-state index in [1.54, 1.807) is 52.0 Å². The molecule has 0 fully saturated rings. The smallest absolute Gasteiger partial charge is 0.408 e. The third kappa shape index (κ3) is 6.19. The molecule has 0 aliphatic heterocycles. The first kappa shape index (κ1) is 24.9. The summed E-state index contributed by atoms with van der Waals surface area (Å²) in [5, 5.41) is 5.43. The number of alkyl carbamates (subject to hydrolysis) is 1. The predicted octanol–water partition coefficient (Wildman–Crippen LogP) is 4.02. The monoisotopic (exact) mass is 462 g/mol. The van der Waals surface area contributed by atoms with E-state index in [1.807, 2.05) is 30.3 Å². The SMILES string of the molecule is CC1=C(CCNC(=O)[C@H](Cc2ccccc2)NC(=O)OC(C)(C)C)C(=O)c2ccccc2C1=O. The van der Waals surface area contributed by atoms with Crippen LogP contribution in [0.2, 0.25) is 0 Å². The van der Waals surface area contributed by atoms with Crippen molar-refractivity contribution in [3.05, 3.63) is 82.4 Å². The summed E-state index contributed by atoms with van der Waals surface area (Å²) in [4.78, 5) is 50.9. The normalized spacial score (nSPS) is 14.4. The van der Waals surface area contributed by atoms with Crippen LogP contribution in [0.15, 0.2) is 65.7 Å². The second-order valence-corrected chi connectivity index (χ2v) is 9.24. The first-order valence-electron chi connectivity index (χ1n) is 11.3. The maximum Gasteiger partial charge on any atom is 0.408 e. The Hall–Kier alpha value is -3.74. The van der Waals surface area contributed by atoms with Gasteiger partial charge in [-0.15, -0.1) is 0 Å². The molecule has 2 amide bonds. The number of amides is 2. The van der Waals surface area contributed by atoms with Crippen LogP contribution in [0.25, 0.3) is 0 Å². The van der Waals surface area contributed by atoms with Gasteiger partial charge >= 0.3 is 6.09 Å². The molecule has 2 aromatic carbocycles. The minimum Gasteiger partial charge on any atom is -0.444 e. The highest BCUT2D eigenvalue weighted by atomic mass is 16.6. The zero-order chi connectivity index (χ0) is 24.9. The molecule has 0 heterocycles. The van der Waals surface area contributed by atoms with E-state index in [1.165, 1.54) is 0 Å². The highest BCUT2D eigenvalue weighted by Gasteiger charge is 2.30. The highest BCUT2D eigenvalue weighted by molar-refractivity contribution is 6.26. The first-order chi connectivity index (χ1) is 16.1. The standard InChI is InChI=1S/C27H30N2O5/c1-17-19(24(31)21-13-9-8-12-20(21)23(17)30)14-15-28-25(32)22(16-18-10-6-5-7-11-18)29-26(33)34-27(2,3)4/h5-13,22H,14-16H2,1-4H3,(H,28,32)(H,29,33)/t22-/m0/s1. The van der Waals surface area contributed by atoms with Crippen molar-refractivity contribution in [3.8, 4) is 0 Å². The third-order valence-electron chi connectivity index (χ3n) is 5.45. The molecule has 34 heavy (non-hydrogen) atoms. The van der Waals surface area contributed by atoms with Crippen molar-refractivity contribution >= 4 is 23.6 Å². The molecule has 3 rings (SSSR count). The molecule has 0 bridgehead atoms. The van der Waals surface area contributed by atoms with E-state index in [2.05, 4.69) is 10.6 Å². The fourth-order valence-corrected chi connectivity index (χ4v) is 3.79. The van der Waals surface area contributed by atoms with E-state index >= 15 is 0 Å². The van der Waals surface area contributed by atoms with Crippen molar-refractivity contribution in [1.82, 2.24) is 10.6 Å². The van der Waals surface area contributed by atoms with Gasteiger partial charge in [-0.05, 0) is 39.7 Å². The quantitative estimate of drug-likeness (QED) is 0.647. The van der Waals surface area contributed by atoms with Crippen LogP contribution < -0.4 is 10.6 Å². The average molecular weight is 463 g/mol. The van der Waals surface area contributed by atoms with Crippen molar-refractivity contribution in [2.75, 3.05) is 6.54 Å². The molecule has 7 heteroatoms. The predicted molar refractivity (Wildman–Crippen MR) is 129 cm³/mol. The Bertz CT molecular complexity index is 1130. The second-order valence-electron chi connectivity index (χ2n) is 9.24. The maximum absolute atomic E-state index is 13.0. The first-order valence-corrected chi connectivity index (χ1v) is 11.3. The number of Topliss-reactive ketones (excluding diaryl/α,β-unsaturated/α-hetero) is 2. The van der Waals surface area contributed by atoms with E-state index < -0.39 is 23.6 Å². The number of rotatable bonds is 7. The van der Waals surface area contributed by atoms with Gasteiger partial charge < -0.3 is 15.4 Å². The summed E-state index contributed by atoms with van der Waals surface area (Å²) >= 11 is 0. The molecule has 1 atom stereocenters. The number of carbonyl (C=O) groups is 4. The van der Waals surface area contributed by atoms with Crippen LogP contribution >= 0.6 is 0 Å².